The average Bonchev–Trinajstić information content (AvgIpc) is 2.84. The van der Waals surface area contributed by atoms with E-state index in [2.05, 4.69) is 35.5 Å². The zero-order chi connectivity index (χ0) is 24.1. The third kappa shape index (κ3) is 5.49. The lowest BCUT2D eigenvalue weighted by atomic mass is 9.93. The summed E-state index contributed by atoms with van der Waals surface area (Å²) in [6, 6.07) is 7.94. The third-order valence-corrected chi connectivity index (χ3v) is 8.91. The van der Waals surface area contributed by atoms with E-state index in [0.29, 0.717) is 30.1 Å². The molecule has 1 fully saturated rings. The van der Waals surface area contributed by atoms with Crippen LogP contribution in [0, 0.1) is 0 Å². The standard InChI is InChI=1S/C28H36N2O3S/c1-5-32-26-10-8-7-9-22(26)20-33-24-13-11-23-12-14-25(21(3)30(23)19-24)27(31)29-28(4)15-17-34(6-2)18-16-28/h6-13,19H,5,14-18,20H2,1-4H3,(H,29,31). The van der Waals surface area contributed by atoms with Gasteiger partial charge in [-0.2, -0.15) is 10.5 Å². The van der Waals surface area contributed by atoms with Gasteiger partial charge in [0.1, 0.15) is 18.1 Å². The molecular formula is C28H36N2O3S. The number of fused-ring (bicyclic) bond motifs is 1. The van der Waals surface area contributed by atoms with Crippen LogP contribution < -0.4 is 10.1 Å². The van der Waals surface area contributed by atoms with Crippen molar-refractivity contribution < 1.29 is 14.3 Å². The molecule has 1 saturated heterocycles. The molecule has 3 aliphatic rings. The van der Waals surface area contributed by atoms with Gasteiger partial charge in [0, 0.05) is 28.1 Å². The van der Waals surface area contributed by atoms with Crippen LogP contribution >= 0.6 is 10.5 Å². The highest BCUT2D eigenvalue weighted by molar-refractivity contribution is 8.15. The lowest BCUT2D eigenvalue weighted by Crippen LogP contribution is -2.49. The summed E-state index contributed by atoms with van der Waals surface area (Å²) in [6.45, 7) is 9.38. The second-order valence-electron chi connectivity index (χ2n) is 9.16. The number of rotatable bonds is 7. The van der Waals surface area contributed by atoms with Crippen molar-refractivity contribution >= 4 is 21.8 Å². The molecule has 0 atom stereocenters. The molecule has 0 spiro atoms. The van der Waals surface area contributed by atoms with E-state index in [0.717, 1.165) is 46.9 Å². The van der Waals surface area contributed by atoms with E-state index in [4.69, 9.17) is 9.47 Å². The van der Waals surface area contributed by atoms with Crippen LogP contribution in [0.5, 0.6) is 5.75 Å². The number of nitrogens with zero attached hydrogens (tertiary/aromatic N) is 1. The summed E-state index contributed by atoms with van der Waals surface area (Å²) in [4.78, 5) is 15.3. The number of carbonyl (C=O) groups is 1. The molecule has 0 radical (unpaired) electrons. The second-order valence-corrected chi connectivity index (χ2v) is 11.5. The normalized spacial score (nSPS) is 24.1. The maximum atomic E-state index is 13.3. The van der Waals surface area contributed by atoms with Crippen LogP contribution in [0.3, 0.4) is 0 Å². The van der Waals surface area contributed by atoms with Crippen molar-refractivity contribution in [1.82, 2.24) is 10.2 Å². The molecule has 0 aromatic heterocycles. The quantitative estimate of drug-likeness (QED) is 0.514. The molecule has 6 heteroatoms. The highest BCUT2D eigenvalue weighted by Gasteiger charge is 2.32. The fourth-order valence-corrected chi connectivity index (χ4v) is 6.62. The number of allylic oxidation sites excluding steroid dienone is 4. The molecule has 4 rings (SSSR count). The molecule has 0 saturated carbocycles. The van der Waals surface area contributed by atoms with Crippen LogP contribution in [-0.4, -0.2) is 39.8 Å². The predicted molar refractivity (Wildman–Crippen MR) is 142 cm³/mol. The van der Waals surface area contributed by atoms with Gasteiger partial charge in [0.05, 0.1) is 12.8 Å². The van der Waals surface area contributed by atoms with Crippen molar-refractivity contribution in [1.29, 1.82) is 0 Å². The summed E-state index contributed by atoms with van der Waals surface area (Å²) >= 11 is 0. The summed E-state index contributed by atoms with van der Waals surface area (Å²) in [5.41, 5.74) is 3.74. The van der Waals surface area contributed by atoms with Gasteiger partial charge in [0.15, 0.2) is 0 Å². The van der Waals surface area contributed by atoms with E-state index >= 15 is 0 Å². The molecule has 0 unspecified atom stereocenters. The number of hydrogen-bond acceptors (Lipinski definition) is 4. The topological polar surface area (TPSA) is 50.8 Å². The lowest BCUT2D eigenvalue weighted by molar-refractivity contribution is -0.119. The van der Waals surface area contributed by atoms with E-state index in [-0.39, 0.29) is 11.4 Å². The van der Waals surface area contributed by atoms with Crippen molar-refractivity contribution in [3.63, 3.8) is 0 Å². The van der Waals surface area contributed by atoms with E-state index in [1.54, 1.807) is 0 Å². The lowest BCUT2D eigenvalue weighted by Gasteiger charge is -2.37. The number of nitrogens with one attached hydrogen (secondary N) is 1. The summed E-state index contributed by atoms with van der Waals surface area (Å²) in [5.74, 6) is 3.99. The van der Waals surface area contributed by atoms with E-state index in [1.165, 1.54) is 11.5 Å². The molecule has 1 N–H and O–H groups in total. The number of carbonyl (C=O) groups excluding carboxylic acids is 1. The maximum Gasteiger partial charge on any atom is 0.249 e. The Balaban J connectivity index is 1.45. The van der Waals surface area contributed by atoms with Gasteiger partial charge in [-0.15, -0.1) is 0 Å². The summed E-state index contributed by atoms with van der Waals surface area (Å²) < 4.78 is 11.8. The van der Waals surface area contributed by atoms with Crippen LogP contribution in [0.1, 0.15) is 52.5 Å². The third-order valence-electron chi connectivity index (χ3n) is 6.79. The van der Waals surface area contributed by atoms with Crippen LogP contribution in [-0.2, 0) is 16.1 Å². The Labute approximate surface area is 206 Å². The minimum atomic E-state index is -0.124. The monoisotopic (exact) mass is 480 g/mol. The van der Waals surface area contributed by atoms with Crippen LogP contribution in [0.2, 0.25) is 0 Å². The molecule has 5 nitrogen and oxygen atoms in total. The Hall–Kier alpha value is -2.73. The first-order chi connectivity index (χ1) is 16.4. The van der Waals surface area contributed by atoms with Gasteiger partial charge in [-0.25, -0.2) is 0 Å². The van der Waals surface area contributed by atoms with Gasteiger partial charge in [-0.1, -0.05) is 29.6 Å². The van der Waals surface area contributed by atoms with E-state index in [9.17, 15) is 4.79 Å². The van der Waals surface area contributed by atoms with Crippen LogP contribution in [0.25, 0.3) is 0 Å². The summed E-state index contributed by atoms with van der Waals surface area (Å²) in [7, 11) is 0.403. The number of hydrogen-bond donors (Lipinski definition) is 1. The number of para-hydroxylation sites is 1. The van der Waals surface area contributed by atoms with Crippen molar-refractivity contribution in [3.05, 3.63) is 77.0 Å². The van der Waals surface area contributed by atoms with Crippen LogP contribution in [0.15, 0.2) is 71.4 Å². The molecule has 0 aliphatic carbocycles. The van der Waals surface area contributed by atoms with Crippen molar-refractivity contribution in [2.24, 2.45) is 0 Å². The SMILES string of the molecule is CC=S1CCC(C)(NC(=O)C2=C(C)N3C=C(OCc4ccccc4OCC)C=CC3=CC2)CC1. The Morgan fingerprint density at radius 3 is 2.71 bits per heavy atom. The molecule has 1 amide bonds. The second kappa shape index (κ2) is 10.7. The Kier molecular flexibility index (Phi) is 7.67. The molecule has 182 valence electrons. The van der Waals surface area contributed by atoms with Gasteiger partial charge in [-0.05, 0) is 76.7 Å². The first-order valence-corrected chi connectivity index (χ1v) is 13.8. The summed E-state index contributed by atoms with van der Waals surface area (Å²) in [6.07, 6.45) is 10.8. The predicted octanol–water partition coefficient (Wildman–Crippen LogP) is 5.64. The van der Waals surface area contributed by atoms with E-state index in [1.807, 2.05) is 56.5 Å². The van der Waals surface area contributed by atoms with Gasteiger partial charge in [-0.3, -0.25) is 4.79 Å². The first-order valence-electron chi connectivity index (χ1n) is 12.1. The smallest absolute Gasteiger partial charge is 0.249 e. The first kappa shape index (κ1) is 24.4. The van der Waals surface area contributed by atoms with Crippen molar-refractivity contribution in [2.45, 2.75) is 59.1 Å². The molecule has 1 aromatic carbocycles. The van der Waals surface area contributed by atoms with E-state index < -0.39 is 0 Å². The Morgan fingerprint density at radius 1 is 1.21 bits per heavy atom. The minimum absolute atomic E-state index is 0.0497. The fourth-order valence-electron chi connectivity index (χ4n) is 4.52. The average molecular weight is 481 g/mol. The molecular weight excluding hydrogens is 444 g/mol. The Bertz CT molecular complexity index is 1090. The number of amides is 1. The van der Waals surface area contributed by atoms with Crippen molar-refractivity contribution in [3.8, 4) is 5.75 Å². The molecule has 3 heterocycles. The molecule has 34 heavy (non-hydrogen) atoms. The largest absolute Gasteiger partial charge is 0.493 e. The van der Waals surface area contributed by atoms with Crippen molar-refractivity contribution in [2.75, 3.05) is 18.1 Å². The minimum Gasteiger partial charge on any atom is -0.493 e. The maximum absolute atomic E-state index is 13.3. The number of benzene rings is 1. The van der Waals surface area contributed by atoms with Gasteiger partial charge in [0.2, 0.25) is 5.91 Å². The van der Waals surface area contributed by atoms with Gasteiger partial charge >= 0.3 is 0 Å². The van der Waals surface area contributed by atoms with Gasteiger partial charge < -0.3 is 19.7 Å². The van der Waals surface area contributed by atoms with Crippen LogP contribution in [0.4, 0.5) is 0 Å². The highest BCUT2D eigenvalue weighted by atomic mass is 32.2. The zero-order valence-corrected chi connectivity index (χ0v) is 21.5. The summed E-state index contributed by atoms with van der Waals surface area (Å²) in [5, 5.41) is 5.69. The fraction of sp³-hybridized carbons (Fsp3) is 0.429. The van der Waals surface area contributed by atoms with Gasteiger partial charge in [0.25, 0.3) is 0 Å². The zero-order valence-electron chi connectivity index (χ0n) is 20.7. The molecule has 1 aromatic rings. The number of ether oxygens (including phenoxy) is 2. The highest BCUT2D eigenvalue weighted by Crippen LogP contribution is 2.34. The molecule has 0 bridgehead atoms. The Morgan fingerprint density at radius 2 is 1.97 bits per heavy atom. The molecule has 3 aliphatic heterocycles.